The van der Waals surface area contributed by atoms with Crippen LogP contribution in [0.2, 0.25) is 0 Å². The molecule has 2 rings (SSSR count). The molecule has 0 aromatic carbocycles. The summed E-state index contributed by atoms with van der Waals surface area (Å²) in [6, 6.07) is 1.81. The maximum Gasteiger partial charge on any atom is 0.234 e. The molecule has 98 valence electrons. The number of carbonyl (C=O) groups is 1. The fraction of sp³-hybridized carbons (Fsp3) is 0.583. The first-order valence-corrected chi connectivity index (χ1v) is 6.36. The van der Waals surface area contributed by atoms with Crippen molar-refractivity contribution < 1.29 is 4.79 Å². The van der Waals surface area contributed by atoms with E-state index in [1.165, 1.54) is 0 Å². The Hall–Kier alpha value is -1.69. The minimum atomic E-state index is 0.0990. The zero-order valence-corrected chi connectivity index (χ0v) is 10.7. The summed E-state index contributed by atoms with van der Waals surface area (Å²) >= 11 is 0. The lowest BCUT2D eigenvalue weighted by molar-refractivity contribution is -0.126. The Balaban J connectivity index is 1.80. The minimum absolute atomic E-state index is 0.0990. The van der Waals surface area contributed by atoms with Gasteiger partial charge in [0, 0.05) is 45.0 Å². The molecule has 1 amide bonds. The van der Waals surface area contributed by atoms with E-state index in [9.17, 15) is 4.79 Å². The van der Waals surface area contributed by atoms with E-state index in [4.69, 9.17) is 0 Å². The molecule has 0 atom stereocenters. The number of nitrogens with zero attached hydrogens (tertiary/aromatic N) is 4. The summed E-state index contributed by atoms with van der Waals surface area (Å²) in [5.41, 5.74) is 2.92. The van der Waals surface area contributed by atoms with E-state index in [0.717, 1.165) is 38.5 Å². The van der Waals surface area contributed by atoms with E-state index >= 15 is 0 Å². The van der Waals surface area contributed by atoms with E-state index in [2.05, 4.69) is 20.3 Å². The highest BCUT2D eigenvalue weighted by Crippen LogP contribution is 2.08. The highest BCUT2D eigenvalue weighted by molar-refractivity contribution is 5.75. The third kappa shape index (κ3) is 3.40. The van der Waals surface area contributed by atoms with Gasteiger partial charge in [-0.3, -0.25) is 10.2 Å². The minimum Gasteiger partial charge on any atom is -0.338 e. The Kier molecular flexibility index (Phi) is 4.46. The molecule has 1 aromatic heterocycles. The van der Waals surface area contributed by atoms with Crippen molar-refractivity contribution in [2.45, 2.75) is 19.8 Å². The molecule has 0 radical (unpaired) electrons. The normalized spacial score (nSPS) is 16.6. The maximum atomic E-state index is 11.5. The first-order chi connectivity index (χ1) is 8.79. The molecule has 0 spiro atoms. The van der Waals surface area contributed by atoms with Crippen LogP contribution >= 0.6 is 0 Å². The Morgan fingerprint density at radius 2 is 1.94 bits per heavy atom. The predicted octanol–water partition coefficient (Wildman–Crippen LogP) is 0.430. The third-order valence-electron chi connectivity index (χ3n) is 2.87. The Morgan fingerprint density at radius 1 is 1.28 bits per heavy atom. The van der Waals surface area contributed by atoms with Crippen LogP contribution in [0.4, 0.5) is 5.95 Å². The fourth-order valence-electron chi connectivity index (χ4n) is 1.93. The van der Waals surface area contributed by atoms with Gasteiger partial charge in [-0.05, 0) is 12.5 Å². The number of hydrogen-bond acceptors (Lipinski definition) is 5. The average molecular weight is 249 g/mol. The molecule has 1 aliphatic rings. The first-order valence-electron chi connectivity index (χ1n) is 6.36. The van der Waals surface area contributed by atoms with Crippen LogP contribution in [0, 0.1) is 0 Å². The second-order valence-corrected chi connectivity index (χ2v) is 4.31. The Labute approximate surface area is 107 Å². The molecule has 1 saturated heterocycles. The monoisotopic (exact) mass is 249 g/mol. The second-order valence-electron chi connectivity index (χ2n) is 4.31. The molecule has 0 saturated carbocycles. The van der Waals surface area contributed by atoms with Gasteiger partial charge in [-0.25, -0.2) is 15.0 Å². The molecule has 2 heterocycles. The van der Waals surface area contributed by atoms with Crippen molar-refractivity contribution in [3.8, 4) is 0 Å². The third-order valence-corrected chi connectivity index (χ3v) is 2.87. The van der Waals surface area contributed by atoms with Gasteiger partial charge in [0.05, 0.1) is 0 Å². The van der Waals surface area contributed by atoms with Gasteiger partial charge in [0.25, 0.3) is 0 Å². The van der Waals surface area contributed by atoms with E-state index < -0.39 is 0 Å². The van der Waals surface area contributed by atoms with E-state index in [1.54, 1.807) is 12.4 Å². The number of nitrogens with one attached hydrogen (secondary N) is 1. The summed E-state index contributed by atoms with van der Waals surface area (Å²) in [6.45, 7) is 5.26. The largest absolute Gasteiger partial charge is 0.338 e. The lowest BCUT2D eigenvalue weighted by atomic mass is 10.3. The van der Waals surface area contributed by atoms with Crippen LogP contribution in [0.3, 0.4) is 0 Å². The SMILES string of the molecule is CCCC(=O)NN1CCN(c2ncccn2)CC1. The topological polar surface area (TPSA) is 61.4 Å². The molecule has 1 N–H and O–H groups in total. The number of hydrogen-bond donors (Lipinski definition) is 1. The first kappa shape index (κ1) is 12.8. The van der Waals surface area contributed by atoms with Gasteiger partial charge in [0.2, 0.25) is 11.9 Å². The van der Waals surface area contributed by atoms with E-state index in [1.807, 2.05) is 18.0 Å². The van der Waals surface area contributed by atoms with Gasteiger partial charge in [-0.15, -0.1) is 0 Å². The van der Waals surface area contributed by atoms with Gasteiger partial charge in [-0.2, -0.15) is 0 Å². The van der Waals surface area contributed by atoms with Crippen molar-refractivity contribution in [2.24, 2.45) is 0 Å². The number of rotatable bonds is 4. The number of carbonyl (C=O) groups excluding carboxylic acids is 1. The van der Waals surface area contributed by atoms with Crippen LogP contribution in [0.5, 0.6) is 0 Å². The molecular weight excluding hydrogens is 230 g/mol. The Bertz CT molecular complexity index is 375. The summed E-state index contributed by atoms with van der Waals surface area (Å²) < 4.78 is 0. The number of hydrazine groups is 1. The smallest absolute Gasteiger partial charge is 0.234 e. The van der Waals surface area contributed by atoms with Crippen molar-refractivity contribution in [1.29, 1.82) is 0 Å². The molecule has 0 aliphatic carbocycles. The van der Waals surface area contributed by atoms with Gasteiger partial charge < -0.3 is 4.90 Å². The van der Waals surface area contributed by atoms with Crippen LogP contribution in [-0.4, -0.2) is 47.1 Å². The summed E-state index contributed by atoms with van der Waals surface area (Å²) in [4.78, 5) is 22.1. The highest BCUT2D eigenvalue weighted by Gasteiger charge is 2.19. The fourth-order valence-corrected chi connectivity index (χ4v) is 1.93. The van der Waals surface area contributed by atoms with Crippen molar-refractivity contribution in [2.75, 3.05) is 31.1 Å². The maximum absolute atomic E-state index is 11.5. The lowest BCUT2D eigenvalue weighted by Crippen LogP contribution is -2.53. The van der Waals surface area contributed by atoms with Crippen molar-refractivity contribution >= 4 is 11.9 Å². The number of aromatic nitrogens is 2. The zero-order valence-electron chi connectivity index (χ0n) is 10.7. The molecular formula is C12H19N5O. The molecule has 6 heteroatoms. The molecule has 0 bridgehead atoms. The average Bonchev–Trinajstić information content (AvgIpc) is 2.41. The molecule has 0 unspecified atom stereocenters. The number of anilines is 1. The predicted molar refractivity (Wildman–Crippen MR) is 68.9 cm³/mol. The van der Waals surface area contributed by atoms with Crippen LogP contribution in [0.25, 0.3) is 0 Å². The quantitative estimate of drug-likeness (QED) is 0.838. The van der Waals surface area contributed by atoms with Crippen LogP contribution in [-0.2, 0) is 4.79 Å². The van der Waals surface area contributed by atoms with Gasteiger partial charge in [-0.1, -0.05) is 6.92 Å². The van der Waals surface area contributed by atoms with Crippen LogP contribution < -0.4 is 10.3 Å². The summed E-state index contributed by atoms with van der Waals surface area (Å²) in [5.74, 6) is 0.860. The molecule has 1 aliphatic heterocycles. The zero-order chi connectivity index (χ0) is 12.8. The molecule has 1 aromatic rings. The number of piperazine rings is 1. The van der Waals surface area contributed by atoms with Gasteiger partial charge >= 0.3 is 0 Å². The summed E-state index contributed by atoms with van der Waals surface area (Å²) in [5, 5.41) is 1.97. The standard InChI is InChI=1S/C12H19N5O/c1-2-4-11(18)15-17-9-7-16(8-10-17)12-13-5-3-6-14-12/h3,5-6H,2,4,7-10H2,1H3,(H,15,18). The van der Waals surface area contributed by atoms with Gasteiger partial charge in [0.1, 0.15) is 0 Å². The van der Waals surface area contributed by atoms with Crippen LogP contribution in [0.15, 0.2) is 18.5 Å². The van der Waals surface area contributed by atoms with Gasteiger partial charge in [0.15, 0.2) is 0 Å². The van der Waals surface area contributed by atoms with Crippen molar-refractivity contribution in [3.05, 3.63) is 18.5 Å². The lowest BCUT2D eigenvalue weighted by Gasteiger charge is -2.34. The Morgan fingerprint density at radius 3 is 2.56 bits per heavy atom. The van der Waals surface area contributed by atoms with E-state index in [-0.39, 0.29) is 5.91 Å². The van der Waals surface area contributed by atoms with Crippen LogP contribution in [0.1, 0.15) is 19.8 Å². The van der Waals surface area contributed by atoms with E-state index in [0.29, 0.717) is 6.42 Å². The summed E-state index contributed by atoms with van der Waals surface area (Å²) in [7, 11) is 0. The van der Waals surface area contributed by atoms with Crippen molar-refractivity contribution in [1.82, 2.24) is 20.4 Å². The number of amides is 1. The second kappa shape index (κ2) is 6.30. The van der Waals surface area contributed by atoms with Crippen molar-refractivity contribution in [3.63, 3.8) is 0 Å². The highest BCUT2D eigenvalue weighted by atomic mass is 16.2. The summed E-state index contributed by atoms with van der Waals surface area (Å²) in [6.07, 6.45) is 4.96. The molecule has 6 nitrogen and oxygen atoms in total. The molecule has 18 heavy (non-hydrogen) atoms. The molecule has 1 fully saturated rings.